The molecular weight excluding hydrogens is 238 g/mol. The van der Waals surface area contributed by atoms with E-state index in [1.807, 2.05) is 9.47 Å². The standard InChI is InChI=1S/C15H23N3O/c16-14-6-4-5-12-9-17(10-13(12)14)11-15(19)18-7-2-1-3-8-18/h9-10,14H,1-8,11,16H2. The topological polar surface area (TPSA) is 51.3 Å². The van der Waals surface area contributed by atoms with Crippen LogP contribution < -0.4 is 5.73 Å². The number of aryl methyl sites for hydroxylation is 1. The number of amides is 1. The molecule has 0 radical (unpaired) electrons. The predicted molar refractivity (Wildman–Crippen MR) is 74.7 cm³/mol. The number of aromatic nitrogens is 1. The van der Waals surface area contributed by atoms with E-state index in [-0.39, 0.29) is 11.9 Å². The van der Waals surface area contributed by atoms with Crippen LogP contribution in [0, 0.1) is 0 Å². The molecule has 2 heterocycles. The second kappa shape index (κ2) is 5.37. The Labute approximate surface area is 114 Å². The molecule has 1 fully saturated rings. The Kier molecular flexibility index (Phi) is 3.60. The Morgan fingerprint density at radius 2 is 2.00 bits per heavy atom. The van der Waals surface area contributed by atoms with Gasteiger partial charge < -0.3 is 15.2 Å². The smallest absolute Gasteiger partial charge is 0.242 e. The average molecular weight is 261 g/mol. The van der Waals surface area contributed by atoms with Crippen LogP contribution in [0.1, 0.15) is 49.3 Å². The highest BCUT2D eigenvalue weighted by Crippen LogP contribution is 2.28. The quantitative estimate of drug-likeness (QED) is 0.883. The van der Waals surface area contributed by atoms with Gasteiger partial charge in [-0.2, -0.15) is 0 Å². The van der Waals surface area contributed by atoms with Gasteiger partial charge in [-0.3, -0.25) is 4.79 Å². The molecule has 0 bridgehead atoms. The van der Waals surface area contributed by atoms with Gasteiger partial charge in [-0.1, -0.05) is 0 Å². The number of likely N-dealkylation sites (tertiary alicyclic amines) is 1. The second-order valence-electron chi connectivity index (χ2n) is 5.85. The third kappa shape index (κ3) is 2.68. The lowest BCUT2D eigenvalue weighted by Crippen LogP contribution is -2.37. The average Bonchev–Trinajstić information content (AvgIpc) is 2.84. The summed E-state index contributed by atoms with van der Waals surface area (Å²) in [5.41, 5.74) is 8.71. The van der Waals surface area contributed by atoms with Crippen LogP contribution >= 0.6 is 0 Å². The van der Waals surface area contributed by atoms with E-state index in [2.05, 4.69) is 12.4 Å². The van der Waals surface area contributed by atoms with Gasteiger partial charge in [0.25, 0.3) is 0 Å². The van der Waals surface area contributed by atoms with Crippen molar-refractivity contribution in [1.29, 1.82) is 0 Å². The first-order valence-electron chi connectivity index (χ1n) is 7.46. The summed E-state index contributed by atoms with van der Waals surface area (Å²) in [7, 11) is 0. The lowest BCUT2D eigenvalue weighted by Gasteiger charge is -2.26. The van der Waals surface area contributed by atoms with Crippen molar-refractivity contribution in [3.63, 3.8) is 0 Å². The van der Waals surface area contributed by atoms with Crippen molar-refractivity contribution < 1.29 is 4.79 Å². The Bertz CT molecular complexity index is 460. The van der Waals surface area contributed by atoms with E-state index in [1.165, 1.54) is 17.5 Å². The molecule has 0 aromatic carbocycles. The number of carbonyl (C=O) groups excluding carboxylic acids is 1. The van der Waals surface area contributed by atoms with E-state index < -0.39 is 0 Å². The zero-order valence-electron chi connectivity index (χ0n) is 11.5. The maximum absolute atomic E-state index is 12.2. The SMILES string of the molecule is NC1CCCc2cn(CC(=O)N3CCCCC3)cc21. The van der Waals surface area contributed by atoms with Crippen LogP contribution in [-0.4, -0.2) is 28.5 Å². The molecule has 1 aliphatic carbocycles. The number of hydrogen-bond acceptors (Lipinski definition) is 2. The van der Waals surface area contributed by atoms with Crippen LogP contribution in [0.15, 0.2) is 12.4 Å². The molecule has 19 heavy (non-hydrogen) atoms. The van der Waals surface area contributed by atoms with E-state index in [0.717, 1.165) is 45.2 Å². The molecule has 2 N–H and O–H groups in total. The molecule has 1 amide bonds. The van der Waals surface area contributed by atoms with E-state index in [9.17, 15) is 4.79 Å². The number of piperidine rings is 1. The van der Waals surface area contributed by atoms with Crippen molar-refractivity contribution in [2.45, 2.75) is 51.1 Å². The van der Waals surface area contributed by atoms with Gasteiger partial charge in [0, 0.05) is 31.5 Å². The van der Waals surface area contributed by atoms with Gasteiger partial charge in [0.2, 0.25) is 5.91 Å². The largest absolute Gasteiger partial charge is 0.344 e. The Morgan fingerprint density at radius 3 is 2.74 bits per heavy atom. The number of nitrogens with two attached hydrogens (primary N) is 1. The molecule has 1 saturated heterocycles. The zero-order valence-corrected chi connectivity index (χ0v) is 11.5. The molecule has 1 aromatic rings. The molecule has 1 atom stereocenters. The fourth-order valence-corrected chi connectivity index (χ4v) is 3.27. The summed E-state index contributed by atoms with van der Waals surface area (Å²) in [5, 5.41) is 0. The van der Waals surface area contributed by atoms with Gasteiger partial charge in [-0.05, 0) is 49.7 Å². The summed E-state index contributed by atoms with van der Waals surface area (Å²) in [6.07, 6.45) is 11.1. The van der Waals surface area contributed by atoms with Gasteiger partial charge in [0.15, 0.2) is 0 Å². The maximum atomic E-state index is 12.2. The van der Waals surface area contributed by atoms with Gasteiger partial charge in [-0.15, -0.1) is 0 Å². The highest BCUT2D eigenvalue weighted by molar-refractivity contribution is 5.76. The highest BCUT2D eigenvalue weighted by atomic mass is 16.2. The molecular formula is C15H23N3O. The molecule has 1 aliphatic heterocycles. The lowest BCUT2D eigenvalue weighted by molar-refractivity contribution is -0.132. The van der Waals surface area contributed by atoms with Crippen molar-refractivity contribution >= 4 is 5.91 Å². The van der Waals surface area contributed by atoms with E-state index >= 15 is 0 Å². The molecule has 4 heteroatoms. The Hall–Kier alpha value is -1.29. The minimum absolute atomic E-state index is 0.162. The summed E-state index contributed by atoms with van der Waals surface area (Å²) < 4.78 is 2.03. The summed E-state index contributed by atoms with van der Waals surface area (Å²) in [6, 6.07) is 0.162. The number of fused-ring (bicyclic) bond motifs is 1. The number of hydrogen-bond donors (Lipinski definition) is 1. The van der Waals surface area contributed by atoms with Crippen molar-refractivity contribution in [3.05, 3.63) is 23.5 Å². The molecule has 104 valence electrons. The Balaban J connectivity index is 1.68. The molecule has 2 aliphatic rings. The highest BCUT2D eigenvalue weighted by Gasteiger charge is 2.21. The summed E-state index contributed by atoms with van der Waals surface area (Å²) in [6.45, 7) is 2.33. The molecule has 1 unspecified atom stereocenters. The molecule has 1 aromatic heterocycles. The van der Waals surface area contributed by atoms with Crippen LogP contribution in [-0.2, 0) is 17.8 Å². The monoisotopic (exact) mass is 261 g/mol. The first-order chi connectivity index (χ1) is 9.24. The second-order valence-corrected chi connectivity index (χ2v) is 5.85. The van der Waals surface area contributed by atoms with Crippen molar-refractivity contribution in [2.75, 3.05) is 13.1 Å². The van der Waals surface area contributed by atoms with Crippen molar-refractivity contribution in [3.8, 4) is 0 Å². The van der Waals surface area contributed by atoms with Gasteiger partial charge in [-0.25, -0.2) is 0 Å². The van der Waals surface area contributed by atoms with E-state index in [0.29, 0.717) is 6.54 Å². The Morgan fingerprint density at radius 1 is 1.21 bits per heavy atom. The zero-order chi connectivity index (χ0) is 13.2. The number of rotatable bonds is 2. The first kappa shape index (κ1) is 12.7. The number of carbonyl (C=O) groups is 1. The van der Waals surface area contributed by atoms with Gasteiger partial charge in [0.1, 0.15) is 6.54 Å². The normalized spacial score (nSPS) is 23.2. The molecule has 0 saturated carbocycles. The van der Waals surface area contributed by atoms with Crippen LogP contribution in [0.4, 0.5) is 0 Å². The number of nitrogens with zero attached hydrogens (tertiary/aromatic N) is 2. The van der Waals surface area contributed by atoms with E-state index in [1.54, 1.807) is 0 Å². The van der Waals surface area contributed by atoms with Crippen LogP contribution in [0.3, 0.4) is 0 Å². The fraction of sp³-hybridized carbons (Fsp3) is 0.667. The van der Waals surface area contributed by atoms with Crippen molar-refractivity contribution in [1.82, 2.24) is 9.47 Å². The predicted octanol–water partition coefficient (Wildman–Crippen LogP) is 1.84. The van der Waals surface area contributed by atoms with Crippen LogP contribution in [0.5, 0.6) is 0 Å². The minimum atomic E-state index is 0.162. The summed E-state index contributed by atoms with van der Waals surface area (Å²) >= 11 is 0. The molecule has 4 nitrogen and oxygen atoms in total. The van der Waals surface area contributed by atoms with Crippen LogP contribution in [0.2, 0.25) is 0 Å². The third-order valence-electron chi connectivity index (χ3n) is 4.38. The molecule has 0 spiro atoms. The van der Waals surface area contributed by atoms with Crippen LogP contribution in [0.25, 0.3) is 0 Å². The summed E-state index contributed by atoms with van der Waals surface area (Å²) in [4.78, 5) is 14.2. The van der Waals surface area contributed by atoms with Gasteiger partial charge >= 0.3 is 0 Å². The van der Waals surface area contributed by atoms with E-state index in [4.69, 9.17) is 5.73 Å². The lowest BCUT2D eigenvalue weighted by atomic mass is 9.92. The molecule has 3 rings (SSSR count). The maximum Gasteiger partial charge on any atom is 0.242 e. The summed E-state index contributed by atoms with van der Waals surface area (Å²) in [5.74, 6) is 0.251. The fourth-order valence-electron chi connectivity index (χ4n) is 3.27. The van der Waals surface area contributed by atoms with Crippen molar-refractivity contribution in [2.24, 2.45) is 5.73 Å². The van der Waals surface area contributed by atoms with Gasteiger partial charge in [0.05, 0.1) is 0 Å². The minimum Gasteiger partial charge on any atom is -0.344 e. The first-order valence-corrected chi connectivity index (χ1v) is 7.46. The third-order valence-corrected chi connectivity index (χ3v) is 4.38.